The molecule has 0 bridgehead atoms. The van der Waals surface area contributed by atoms with Gasteiger partial charge in [-0.2, -0.15) is 0 Å². The van der Waals surface area contributed by atoms with Crippen LogP contribution in [-0.2, 0) is 5.41 Å². The number of hydrogen-bond acceptors (Lipinski definition) is 3. The first-order chi connectivity index (χ1) is 28.1. The Bertz CT molecular complexity index is 3130. The molecule has 1 aliphatic rings. The Balaban J connectivity index is 0.997. The molecule has 57 heavy (non-hydrogen) atoms. The molecule has 0 amide bonds. The second-order valence-corrected chi connectivity index (χ2v) is 16.1. The van der Waals surface area contributed by atoms with Crippen LogP contribution in [0.2, 0.25) is 0 Å². The summed E-state index contributed by atoms with van der Waals surface area (Å²) in [7, 11) is 0. The minimum atomic E-state index is -0.296. The maximum atomic E-state index is 5.24. The summed E-state index contributed by atoms with van der Waals surface area (Å²) >= 11 is 1.87. The van der Waals surface area contributed by atoms with E-state index in [9.17, 15) is 0 Å². The average molecular weight is 745 g/mol. The Labute approximate surface area is 336 Å². The molecule has 0 saturated heterocycles. The van der Waals surface area contributed by atoms with Crippen molar-refractivity contribution in [2.45, 2.75) is 12.3 Å². The Morgan fingerprint density at radius 3 is 1.79 bits per heavy atom. The normalized spacial score (nSPS) is 14.5. The lowest BCUT2D eigenvalue weighted by Gasteiger charge is -2.28. The van der Waals surface area contributed by atoms with Gasteiger partial charge >= 0.3 is 0 Å². The summed E-state index contributed by atoms with van der Waals surface area (Å²) in [6.45, 7) is 2.36. The molecule has 0 fully saturated rings. The molecule has 11 rings (SSSR count). The standard InChI is InChI=1S/C54H36N2S/c1-54(41-18-6-3-7-19-41)47-24-10-8-20-43(47)44-31-30-40(33-48(44)54)50-34-49(55-53(56-50)37-14-4-2-5-15-37)39-17-12-16-38(32-39)35-26-28-36(29-27-35)42-22-13-23-46-45-21-9-11-25-51(45)57-52(42)46/h2-34H,1H3. The van der Waals surface area contributed by atoms with Crippen molar-refractivity contribution in [3.05, 3.63) is 217 Å². The third-order valence-corrected chi connectivity index (χ3v) is 13.0. The van der Waals surface area contributed by atoms with Gasteiger partial charge in [-0.25, -0.2) is 9.97 Å². The predicted molar refractivity (Wildman–Crippen MR) is 240 cm³/mol. The molecule has 0 saturated carbocycles. The highest BCUT2D eigenvalue weighted by Crippen LogP contribution is 2.53. The zero-order valence-electron chi connectivity index (χ0n) is 31.4. The molecule has 1 aliphatic carbocycles. The third-order valence-electron chi connectivity index (χ3n) is 11.8. The molecule has 0 N–H and O–H groups in total. The van der Waals surface area contributed by atoms with Gasteiger partial charge in [0.05, 0.1) is 11.4 Å². The lowest BCUT2D eigenvalue weighted by Crippen LogP contribution is -2.22. The van der Waals surface area contributed by atoms with Gasteiger partial charge in [0.25, 0.3) is 0 Å². The molecule has 0 radical (unpaired) electrons. The molecular weight excluding hydrogens is 709 g/mol. The summed E-state index contributed by atoms with van der Waals surface area (Å²) in [4.78, 5) is 10.4. The Kier molecular flexibility index (Phi) is 7.84. The summed E-state index contributed by atoms with van der Waals surface area (Å²) in [5.74, 6) is 0.711. The van der Waals surface area contributed by atoms with Crippen molar-refractivity contribution in [1.82, 2.24) is 9.97 Å². The van der Waals surface area contributed by atoms with Gasteiger partial charge in [-0.05, 0) is 81.3 Å². The molecule has 0 spiro atoms. The highest BCUT2D eigenvalue weighted by Gasteiger charge is 2.40. The van der Waals surface area contributed by atoms with Gasteiger partial charge in [-0.15, -0.1) is 11.3 Å². The zero-order chi connectivity index (χ0) is 37.9. The number of rotatable bonds is 6. The van der Waals surface area contributed by atoms with E-state index in [1.165, 1.54) is 64.7 Å². The Morgan fingerprint density at radius 2 is 0.965 bits per heavy atom. The van der Waals surface area contributed by atoms with Gasteiger partial charge < -0.3 is 0 Å². The molecule has 268 valence electrons. The topological polar surface area (TPSA) is 25.8 Å². The fourth-order valence-corrected chi connectivity index (χ4v) is 10.1. The van der Waals surface area contributed by atoms with Crippen LogP contribution in [0.15, 0.2) is 200 Å². The maximum Gasteiger partial charge on any atom is 0.160 e. The fourth-order valence-electron chi connectivity index (χ4n) is 8.87. The van der Waals surface area contributed by atoms with E-state index in [2.05, 4.69) is 201 Å². The van der Waals surface area contributed by atoms with Crippen molar-refractivity contribution in [3.63, 3.8) is 0 Å². The van der Waals surface area contributed by atoms with E-state index in [0.29, 0.717) is 5.82 Å². The van der Waals surface area contributed by atoms with E-state index in [1.807, 2.05) is 17.4 Å². The lowest BCUT2D eigenvalue weighted by atomic mass is 9.74. The van der Waals surface area contributed by atoms with Crippen LogP contribution in [0.3, 0.4) is 0 Å². The minimum Gasteiger partial charge on any atom is -0.228 e. The van der Waals surface area contributed by atoms with Gasteiger partial charge in [0.15, 0.2) is 5.82 Å². The van der Waals surface area contributed by atoms with Crippen molar-refractivity contribution in [1.29, 1.82) is 0 Å². The first-order valence-electron chi connectivity index (χ1n) is 19.5. The van der Waals surface area contributed by atoms with E-state index in [1.54, 1.807) is 0 Å². The van der Waals surface area contributed by atoms with Crippen LogP contribution < -0.4 is 0 Å². The fraction of sp³-hybridized carbons (Fsp3) is 0.0370. The second-order valence-electron chi connectivity index (χ2n) is 15.1. The van der Waals surface area contributed by atoms with E-state index in [-0.39, 0.29) is 5.41 Å². The average Bonchev–Trinajstić information content (AvgIpc) is 3.80. The van der Waals surface area contributed by atoms with Crippen LogP contribution in [0.1, 0.15) is 23.6 Å². The van der Waals surface area contributed by atoms with Gasteiger partial charge in [0.2, 0.25) is 0 Å². The number of hydrogen-bond donors (Lipinski definition) is 0. The van der Waals surface area contributed by atoms with Gasteiger partial charge in [-0.1, -0.05) is 176 Å². The smallest absolute Gasteiger partial charge is 0.160 e. The van der Waals surface area contributed by atoms with Crippen LogP contribution in [0.25, 0.3) is 87.5 Å². The van der Waals surface area contributed by atoms with Gasteiger partial charge in [0, 0.05) is 42.3 Å². The molecule has 1 unspecified atom stereocenters. The quantitative estimate of drug-likeness (QED) is 0.169. The van der Waals surface area contributed by atoms with E-state index in [4.69, 9.17) is 9.97 Å². The molecule has 2 nitrogen and oxygen atoms in total. The van der Waals surface area contributed by atoms with E-state index in [0.717, 1.165) is 33.6 Å². The van der Waals surface area contributed by atoms with Crippen molar-refractivity contribution in [3.8, 4) is 67.3 Å². The molecule has 3 heteroatoms. The minimum absolute atomic E-state index is 0.296. The lowest BCUT2D eigenvalue weighted by molar-refractivity contribution is 0.714. The number of nitrogens with zero attached hydrogens (tertiary/aromatic N) is 2. The van der Waals surface area contributed by atoms with Gasteiger partial charge in [-0.3, -0.25) is 0 Å². The number of fused-ring (bicyclic) bond motifs is 6. The predicted octanol–water partition coefficient (Wildman–Crippen LogP) is 14.5. The highest BCUT2D eigenvalue weighted by molar-refractivity contribution is 7.26. The summed E-state index contributed by atoms with van der Waals surface area (Å²) < 4.78 is 2.66. The number of aromatic nitrogens is 2. The van der Waals surface area contributed by atoms with Crippen molar-refractivity contribution < 1.29 is 0 Å². The summed E-state index contributed by atoms with van der Waals surface area (Å²) in [5.41, 5.74) is 15.9. The van der Waals surface area contributed by atoms with Crippen molar-refractivity contribution in [2.24, 2.45) is 0 Å². The summed E-state index contributed by atoms with van der Waals surface area (Å²) in [6, 6.07) is 72.2. The zero-order valence-corrected chi connectivity index (χ0v) is 32.2. The van der Waals surface area contributed by atoms with Gasteiger partial charge in [0.1, 0.15) is 0 Å². The molecule has 2 aromatic heterocycles. The van der Waals surface area contributed by atoms with Crippen LogP contribution in [-0.4, -0.2) is 9.97 Å². The highest BCUT2D eigenvalue weighted by atomic mass is 32.1. The second kappa shape index (κ2) is 13.4. The molecule has 2 heterocycles. The van der Waals surface area contributed by atoms with E-state index >= 15 is 0 Å². The Hall–Kier alpha value is -6.94. The van der Waals surface area contributed by atoms with Crippen molar-refractivity contribution >= 4 is 31.5 Å². The molecule has 0 aliphatic heterocycles. The summed E-state index contributed by atoms with van der Waals surface area (Å²) in [6.07, 6.45) is 0. The first-order valence-corrected chi connectivity index (χ1v) is 20.3. The SMILES string of the molecule is CC1(c2ccccc2)c2ccccc2-c2ccc(-c3cc(-c4cccc(-c5ccc(-c6cccc7c6sc6ccccc67)cc5)c4)nc(-c4ccccc4)n3)cc21. The number of thiophene rings is 1. The molecular formula is C54H36N2S. The number of benzene rings is 8. The summed E-state index contributed by atoms with van der Waals surface area (Å²) in [5, 5.41) is 2.64. The molecule has 10 aromatic rings. The Morgan fingerprint density at radius 1 is 0.386 bits per heavy atom. The molecule has 8 aromatic carbocycles. The van der Waals surface area contributed by atoms with E-state index < -0.39 is 0 Å². The molecule has 1 atom stereocenters. The largest absolute Gasteiger partial charge is 0.228 e. The first kappa shape index (κ1) is 33.4. The van der Waals surface area contributed by atoms with Crippen LogP contribution >= 0.6 is 11.3 Å². The monoisotopic (exact) mass is 744 g/mol. The van der Waals surface area contributed by atoms with Crippen molar-refractivity contribution in [2.75, 3.05) is 0 Å². The van der Waals surface area contributed by atoms with Crippen LogP contribution in [0.5, 0.6) is 0 Å². The van der Waals surface area contributed by atoms with Crippen LogP contribution in [0, 0.1) is 0 Å². The third kappa shape index (κ3) is 5.54. The van der Waals surface area contributed by atoms with Crippen LogP contribution in [0.4, 0.5) is 0 Å². The maximum absolute atomic E-state index is 5.24.